The maximum absolute atomic E-state index is 6.12. The van der Waals surface area contributed by atoms with Crippen LogP contribution in [-0.2, 0) is 0 Å². The largest absolute Gasteiger partial charge is 0.384 e. The number of rotatable bonds is 3. The van der Waals surface area contributed by atoms with E-state index in [1.165, 1.54) is 5.56 Å². The molecule has 4 rings (SSSR count). The van der Waals surface area contributed by atoms with Crippen LogP contribution in [0.4, 0.5) is 5.82 Å². The van der Waals surface area contributed by atoms with Crippen molar-refractivity contribution in [2.45, 2.75) is 26.7 Å². The Kier molecular flexibility index (Phi) is 3.77. The van der Waals surface area contributed by atoms with E-state index in [0.29, 0.717) is 11.7 Å². The van der Waals surface area contributed by atoms with Gasteiger partial charge in [-0.2, -0.15) is 9.78 Å². The standard InChI is InChI=1S/C19H19N5S/c1-11(2)13-4-6-14(7-5-13)15-9-25-19-17(15)18(21-10-22-19)24-16(20)8-12(3)23-24/h4-11H,20H2,1-3H3. The van der Waals surface area contributed by atoms with Crippen LogP contribution in [0.15, 0.2) is 42.0 Å². The third-order valence-corrected chi connectivity index (χ3v) is 5.18. The van der Waals surface area contributed by atoms with Gasteiger partial charge in [0.05, 0.1) is 11.1 Å². The highest BCUT2D eigenvalue weighted by Crippen LogP contribution is 2.36. The minimum atomic E-state index is 0.513. The number of nitrogens with two attached hydrogens (primary N) is 1. The lowest BCUT2D eigenvalue weighted by Gasteiger charge is -2.09. The topological polar surface area (TPSA) is 69.6 Å². The minimum Gasteiger partial charge on any atom is -0.384 e. The zero-order chi connectivity index (χ0) is 17.6. The second-order valence-corrected chi connectivity index (χ2v) is 7.28. The van der Waals surface area contributed by atoms with Crippen LogP contribution in [0.1, 0.15) is 31.0 Å². The number of anilines is 1. The molecule has 0 aliphatic carbocycles. The van der Waals surface area contributed by atoms with Crippen molar-refractivity contribution in [3.63, 3.8) is 0 Å². The Bertz CT molecular complexity index is 1040. The molecule has 0 amide bonds. The Morgan fingerprint density at radius 3 is 2.52 bits per heavy atom. The average Bonchev–Trinajstić information content (AvgIpc) is 3.17. The van der Waals surface area contributed by atoms with Gasteiger partial charge in [0.1, 0.15) is 17.0 Å². The lowest BCUT2D eigenvalue weighted by molar-refractivity contribution is 0.846. The molecule has 3 heterocycles. The number of nitrogens with zero attached hydrogens (tertiary/aromatic N) is 4. The molecule has 2 N–H and O–H groups in total. The summed E-state index contributed by atoms with van der Waals surface area (Å²) in [5.41, 5.74) is 10.6. The average molecular weight is 349 g/mol. The number of thiophene rings is 1. The summed E-state index contributed by atoms with van der Waals surface area (Å²) in [5, 5.41) is 7.60. The van der Waals surface area contributed by atoms with Gasteiger partial charge >= 0.3 is 0 Å². The van der Waals surface area contributed by atoms with Gasteiger partial charge in [0, 0.05) is 17.0 Å². The molecule has 5 nitrogen and oxygen atoms in total. The third kappa shape index (κ3) is 2.68. The first-order valence-corrected chi connectivity index (χ1v) is 9.07. The van der Waals surface area contributed by atoms with Gasteiger partial charge in [0.2, 0.25) is 0 Å². The second kappa shape index (κ2) is 5.97. The highest BCUT2D eigenvalue weighted by Gasteiger charge is 2.17. The van der Waals surface area contributed by atoms with E-state index in [9.17, 15) is 0 Å². The van der Waals surface area contributed by atoms with E-state index < -0.39 is 0 Å². The highest BCUT2D eigenvalue weighted by molar-refractivity contribution is 7.17. The molecular weight excluding hydrogens is 330 g/mol. The van der Waals surface area contributed by atoms with Gasteiger partial charge in [-0.3, -0.25) is 0 Å². The van der Waals surface area contributed by atoms with Crippen molar-refractivity contribution in [3.8, 4) is 16.9 Å². The van der Waals surface area contributed by atoms with Crippen LogP contribution in [0.25, 0.3) is 27.2 Å². The van der Waals surface area contributed by atoms with Crippen molar-refractivity contribution in [2.24, 2.45) is 0 Å². The van der Waals surface area contributed by atoms with Crippen molar-refractivity contribution in [2.75, 3.05) is 5.73 Å². The summed E-state index contributed by atoms with van der Waals surface area (Å²) in [7, 11) is 0. The van der Waals surface area contributed by atoms with E-state index in [1.54, 1.807) is 22.3 Å². The normalized spacial score (nSPS) is 11.5. The number of hydrogen-bond donors (Lipinski definition) is 1. The molecule has 0 atom stereocenters. The summed E-state index contributed by atoms with van der Waals surface area (Å²) < 4.78 is 1.69. The quantitative estimate of drug-likeness (QED) is 0.589. The van der Waals surface area contributed by atoms with E-state index in [-0.39, 0.29) is 0 Å². The van der Waals surface area contributed by atoms with Crippen LogP contribution in [-0.4, -0.2) is 19.7 Å². The number of hydrogen-bond acceptors (Lipinski definition) is 5. The Hall–Kier alpha value is -2.73. The molecule has 0 unspecified atom stereocenters. The lowest BCUT2D eigenvalue weighted by atomic mass is 9.99. The predicted octanol–water partition coefficient (Wildman–Crippen LogP) is 4.56. The van der Waals surface area contributed by atoms with E-state index in [2.05, 4.69) is 58.6 Å². The number of benzene rings is 1. The molecule has 3 aromatic heterocycles. The van der Waals surface area contributed by atoms with Gasteiger partial charge in [0.15, 0.2) is 5.82 Å². The maximum atomic E-state index is 6.12. The molecule has 0 saturated heterocycles. The van der Waals surface area contributed by atoms with E-state index in [4.69, 9.17) is 5.73 Å². The Morgan fingerprint density at radius 1 is 1.12 bits per heavy atom. The van der Waals surface area contributed by atoms with Crippen molar-refractivity contribution >= 4 is 27.4 Å². The van der Waals surface area contributed by atoms with Crippen molar-refractivity contribution in [1.82, 2.24) is 19.7 Å². The molecule has 0 bridgehead atoms. The molecular formula is C19H19N5S. The van der Waals surface area contributed by atoms with Crippen molar-refractivity contribution in [1.29, 1.82) is 0 Å². The number of fused-ring (bicyclic) bond motifs is 1. The van der Waals surface area contributed by atoms with E-state index in [0.717, 1.165) is 32.9 Å². The number of aryl methyl sites for hydroxylation is 1. The Morgan fingerprint density at radius 2 is 1.88 bits per heavy atom. The molecule has 1 aromatic carbocycles. The summed E-state index contributed by atoms with van der Waals surface area (Å²) in [5.74, 6) is 1.81. The summed E-state index contributed by atoms with van der Waals surface area (Å²) in [6, 6.07) is 10.5. The molecule has 0 radical (unpaired) electrons. The maximum Gasteiger partial charge on any atom is 0.168 e. The SMILES string of the molecule is Cc1cc(N)n(-c2ncnc3scc(-c4ccc(C(C)C)cc4)c23)n1. The van der Waals surface area contributed by atoms with Crippen LogP contribution in [0.2, 0.25) is 0 Å². The summed E-state index contributed by atoms with van der Waals surface area (Å²) in [4.78, 5) is 9.82. The molecule has 0 fully saturated rings. The molecule has 25 heavy (non-hydrogen) atoms. The van der Waals surface area contributed by atoms with Gasteiger partial charge in [-0.1, -0.05) is 38.1 Å². The summed E-state index contributed by atoms with van der Waals surface area (Å²) in [6.07, 6.45) is 1.57. The predicted molar refractivity (Wildman–Crippen MR) is 103 cm³/mol. The zero-order valence-electron chi connectivity index (χ0n) is 14.4. The van der Waals surface area contributed by atoms with E-state index >= 15 is 0 Å². The van der Waals surface area contributed by atoms with Gasteiger partial charge in [-0.25, -0.2) is 9.97 Å². The molecule has 0 spiro atoms. The van der Waals surface area contributed by atoms with Crippen LogP contribution in [0.5, 0.6) is 0 Å². The zero-order valence-corrected chi connectivity index (χ0v) is 15.2. The van der Waals surface area contributed by atoms with Crippen LogP contribution < -0.4 is 5.73 Å². The van der Waals surface area contributed by atoms with Gasteiger partial charge in [-0.15, -0.1) is 11.3 Å². The van der Waals surface area contributed by atoms with Crippen LogP contribution >= 0.6 is 11.3 Å². The van der Waals surface area contributed by atoms with Crippen LogP contribution in [0, 0.1) is 6.92 Å². The molecule has 126 valence electrons. The highest BCUT2D eigenvalue weighted by atomic mass is 32.1. The van der Waals surface area contributed by atoms with E-state index in [1.807, 2.05) is 13.0 Å². The molecule has 4 aromatic rings. The second-order valence-electron chi connectivity index (χ2n) is 6.43. The van der Waals surface area contributed by atoms with Gasteiger partial charge in [-0.05, 0) is 24.0 Å². The smallest absolute Gasteiger partial charge is 0.168 e. The lowest BCUT2D eigenvalue weighted by Crippen LogP contribution is -2.05. The molecule has 0 aliphatic rings. The molecule has 0 saturated carbocycles. The first-order valence-electron chi connectivity index (χ1n) is 8.19. The Balaban J connectivity index is 1.92. The summed E-state index contributed by atoms with van der Waals surface area (Å²) in [6.45, 7) is 6.32. The van der Waals surface area contributed by atoms with Gasteiger partial charge in [0.25, 0.3) is 0 Å². The first-order chi connectivity index (χ1) is 12.0. The third-order valence-electron chi connectivity index (χ3n) is 4.30. The minimum absolute atomic E-state index is 0.513. The van der Waals surface area contributed by atoms with Gasteiger partial charge < -0.3 is 5.73 Å². The fourth-order valence-electron chi connectivity index (χ4n) is 2.97. The monoisotopic (exact) mass is 349 g/mol. The summed E-state index contributed by atoms with van der Waals surface area (Å²) >= 11 is 1.61. The van der Waals surface area contributed by atoms with Crippen LogP contribution in [0.3, 0.4) is 0 Å². The number of aromatic nitrogens is 4. The Labute approximate surface area is 150 Å². The fourth-order valence-corrected chi connectivity index (χ4v) is 3.88. The number of nitrogen functional groups attached to an aromatic ring is 1. The first kappa shape index (κ1) is 15.8. The molecule has 6 heteroatoms. The fraction of sp³-hybridized carbons (Fsp3) is 0.211. The van der Waals surface area contributed by atoms with Crippen molar-refractivity contribution < 1.29 is 0 Å². The van der Waals surface area contributed by atoms with Crippen molar-refractivity contribution in [3.05, 3.63) is 53.3 Å². The molecule has 0 aliphatic heterocycles.